The summed E-state index contributed by atoms with van der Waals surface area (Å²) >= 11 is 0. The summed E-state index contributed by atoms with van der Waals surface area (Å²) in [5.74, 6) is 1.74. The molecule has 2 aliphatic rings. The van der Waals surface area contributed by atoms with E-state index in [1.54, 1.807) is 7.11 Å². The minimum atomic E-state index is 0.798. The maximum Gasteiger partial charge on any atom is 0.343 e. The first-order chi connectivity index (χ1) is 7.38. The number of hydrogen-bond acceptors (Lipinski definition) is 0. The quantitative estimate of drug-likeness (QED) is 0.579. The molecule has 1 heteroatoms. The third kappa shape index (κ3) is 2.92. The number of allylic oxidation sites excluding steroid dienone is 6. The molecule has 15 heavy (non-hydrogen) atoms. The fraction of sp³-hybridized carbons (Fsp3) is 0.500. The Morgan fingerprint density at radius 2 is 1.73 bits per heavy atom. The Kier molecular flexibility index (Phi) is 3.54. The van der Waals surface area contributed by atoms with E-state index in [9.17, 15) is 0 Å². The van der Waals surface area contributed by atoms with Crippen LogP contribution in [0.5, 0.6) is 0 Å². The molecule has 1 fully saturated rings. The summed E-state index contributed by atoms with van der Waals surface area (Å²) in [6, 6.07) is 0. The van der Waals surface area contributed by atoms with Crippen LogP contribution in [0.1, 0.15) is 32.1 Å². The SMILES string of the molecule is C[O+]=C1C=CC(=CC2CCCCC2)C=C1. The van der Waals surface area contributed by atoms with E-state index >= 15 is 0 Å². The van der Waals surface area contributed by atoms with Crippen LogP contribution in [0.25, 0.3) is 0 Å². The molecule has 0 atom stereocenters. The van der Waals surface area contributed by atoms with Gasteiger partial charge in [-0.05, 0) is 36.5 Å². The molecule has 0 radical (unpaired) electrons. The van der Waals surface area contributed by atoms with Gasteiger partial charge < -0.3 is 0 Å². The minimum Gasteiger partial charge on any atom is -0.258 e. The third-order valence-electron chi connectivity index (χ3n) is 3.19. The molecule has 0 saturated heterocycles. The van der Waals surface area contributed by atoms with Crippen LogP contribution in [0.15, 0.2) is 36.0 Å². The molecule has 0 aromatic heterocycles. The summed E-state index contributed by atoms with van der Waals surface area (Å²) in [5, 5.41) is 0. The van der Waals surface area contributed by atoms with E-state index in [1.807, 2.05) is 12.2 Å². The second-order valence-electron chi connectivity index (χ2n) is 4.34. The summed E-state index contributed by atoms with van der Waals surface area (Å²) in [6.45, 7) is 0. The van der Waals surface area contributed by atoms with E-state index in [0.717, 1.165) is 11.7 Å². The molecule has 0 unspecified atom stereocenters. The highest BCUT2D eigenvalue weighted by Gasteiger charge is 2.12. The topological polar surface area (TPSA) is 11.3 Å². The van der Waals surface area contributed by atoms with Gasteiger partial charge in [0, 0.05) is 12.2 Å². The lowest BCUT2D eigenvalue weighted by molar-refractivity contribution is -0.417. The largest absolute Gasteiger partial charge is 0.343 e. The standard InChI is InChI=1S/C14H19O/c1-15-14-9-7-13(8-10-14)11-12-5-3-2-4-6-12/h7-12H,2-6H2,1H3/q+1. The van der Waals surface area contributed by atoms with Crippen molar-refractivity contribution < 1.29 is 4.42 Å². The Morgan fingerprint density at radius 1 is 1.07 bits per heavy atom. The molecule has 0 aliphatic heterocycles. The van der Waals surface area contributed by atoms with Crippen molar-refractivity contribution in [2.24, 2.45) is 5.92 Å². The zero-order valence-electron chi connectivity index (χ0n) is 9.41. The fourth-order valence-electron chi connectivity index (χ4n) is 2.29. The van der Waals surface area contributed by atoms with Crippen molar-refractivity contribution >= 4 is 5.78 Å². The van der Waals surface area contributed by atoms with Gasteiger partial charge in [0.15, 0.2) is 0 Å². The van der Waals surface area contributed by atoms with Gasteiger partial charge in [0.1, 0.15) is 0 Å². The molecule has 0 aromatic rings. The summed E-state index contributed by atoms with van der Waals surface area (Å²) in [7, 11) is 1.71. The van der Waals surface area contributed by atoms with Crippen molar-refractivity contribution in [3.63, 3.8) is 0 Å². The molecular weight excluding hydrogens is 184 g/mol. The summed E-state index contributed by atoms with van der Waals surface area (Å²) in [5.41, 5.74) is 1.34. The number of hydrogen-bond donors (Lipinski definition) is 0. The third-order valence-corrected chi connectivity index (χ3v) is 3.19. The van der Waals surface area contributed by atoms with Crippen molar-refractivity contribution in [3.8, 4) is 0 Å². The van der Waals surface area contributed by atoms with Crippen molar-refractivity contribution in [1.29, 1.82) is 0 Å². The van der Waals surface area contributed by atoms with Crippen LogP contribution in [0.2, 0.25) is 0 Å². The minimum absolute atomic E-state index is 0.798. The van der Waals surface area contributed by atoms with Crippen LogP contribution >= 0.6 is 0 Å². The highest BCUT2D eigenvalue weighted by atomic mass is 16.4. The van der Waals surface area contributed by atoms with Gasteiger partial charge in [-0.15, -0.1) is 0 Å². The lowest BCUT2D eigenvalue weighted by Gasteiger charge is -2.18. The maximum absolute atomic E-state index is 5.15. The first-order valence-electron chi connectivity index (χ1n) is 5.87. The normalized spacial score (nSPS) is 21.9. The van der Waals surface area contributed by atoms with Crippen molar-refractivity contribution in [1.82, 2.24) is 0 Å². The number of ketones is 1. The highest BCUT2D eigenvalue weighted by molar-refractivity contribution is 6.01. The molecule has 1 saturated carbocycles. The van der Waals surface area contributed by atoms with Crippen molar-refractivity contribution in [3.05, 3.63) is 36.0 Å². The molecular formula is C14H19O+. The van der Waals surface area contributed by atoms with E-state index in [-0.39, 0.29) is 0 Å². The lowest BCUT2D eigenvalue weighted by atomic mass is 9.87. The van der Waals surface area contributed by atoms with E-state index in [0.29, 0.717) is 0 Å². The molecule has 1 nitrogen and oxygen atoms in total. The average Bonchev–Trinajstić information content (AvgIpc) is 2.31. The highest BCUT2D eigenvalue weighted by Crippen LogP contribution is 2.26. The van der Waals surface area contributed by atoms with Gasteiger partial charge in [0.05, 0.1) is 0 Å². The van der Waals surface area contributed by atoms with Crippen LogP contribution in [-0.4, -0.2) is 12.9 Å². The Balaban J connectivity index is 2.00. The Hall–Kier alpha value is -1.11. The summed E-state index contributed by atoms with van der Waals surface area (Å²) in [6.07, 6.45) is 17.7. The maximum atomic E-state index is 5.15. The summed E-state index contributed by atoms with van der Waals surface area (Å²) < 4.78 is 5.15. The molecule has 0 bridgehead atoms. The molecule has 2 rings (SSSR count). The van der Waals surface area contributed by atoms with E-state index < -0.39 is 0 Å². The number of rotatable bonds is 1. The molecule has 0 heterocycles. The Labute approximate surface area is 91.9 Å². The molecule has 80 valence electrons. The van der Waals surface area contributed by atoms with Crippen LogP contribution in [0, 0.1) is 5.92 Å². The van der Waals surface area contributed by atoms with Gasteiger partial charge in [-0.25, -0.2) is 0 Å². The van der Waals surface area contributed by atoms with Gasteiger partial charge in [-0.2, -0.15) is 0 Å². The van der Waals surface area contributed by atoms with Crippen LogP contribution in [-0.2, 0) is 4.42 Å². The molecule has 0 aromatic carbocycles. The van der Waals surface area contributed by atoms with Gasteiger partial charge in [-0.1, -0.05) is 25.3 Å². The van der Waals surface area contributed by atoms with Gasteiger partial charge >= 0.3 is 5.78 Å². The molecule has 0 N–H and O–H groups in total. The van der Waals surface area contributed by atoms with Crippen LogP contribution in [0.3, 0.4) is 0 Å². The van der Waals surface area contributed by atoms with E-state index in [2.05, 4.69) is 18.2 Å². The zero-order chi connectivity index (χ0) is 10.5. The summed E-state index contributed by atoms with van der Waals surface area (Å²) in [4.78, 5) is 0. The lowest BCUT2D eigenvalue weighted by Crippen LogP contribution is -2.04. The smallest absolute Gasteiger partial charge is 0.258 e. The van der Waals surface area contributed by atoms with Crippen LogP contribution < -0.4 is 0 Å². The van der Waals surface area contributed by atoms with Gasteiger partial charge in [0.25, 0.3) is 7.11 Å². The Bertz CT molecular complexity index is 307. The van der Waals surface area contributed by atoms with Crippen LogP contribution in [0.4, 0.5) is 0 Å². The molecule has 2 aliphatic carbocycles. The predicted molar refractivity (Wildman–Crippen MR) is 63.9 cm³/mol. The molecule has 0 amide bonds. The zero-order valence-corrected chi connectivity index (χ0v) is 9.41. The number of carbonyl (C=O) groups excluding carboxylic acids is 1. The first-order valence-corrected chi connectivity index (χ1v) is 5.87. The van der Waals surface area contributed by atoms with E-state index in [1.165, 1.54) is 37.7 Å². The molecule has 0 spiro atoms. The van der Waals surface area contributed by atoms with Gasteiger partial charge in [0.2, 0.25) is 0 Å². The first kappa shape index (κ1) is 10.4. The fourth-order valence-corrected chi connectivity index (χ4v) is 2.29. The van der Waals surface area contributed by atoms with Crippen molar-refractivity contribution in [2.75, 3.05) is 7.11 Å². The van der Waals surface area contributed by atoms with Gasteiger partial charge in [-0.3, -0.25) is 4.42 Å². The Morgan fingerprint density at radius 3 is 2.33 bits per heavy atom. The second kappa shape index (κ2) is 5.11. The second-order valence-corrected chi connectivity index (χ2v) is 4.34. The van der Waals surface area contributed by atoms with E-state index in [4.69, 9.17) is 4.42 Å². The average molecular weight is 203 g/mol. The van der Waals surface area contributed by atoms with Crippen molar-refractivity contribution in [2.45, 2.75) is 32.1 Å². The monoisotopic (exact) mass is 203 g/mol. The predicted octanol–water partition coefficient (Wildman–Crippen LogP) is 3.35.